The first-order valence-electron chi connectivity index (χ1n) is 6.28. The van der Waals surface area contributed by atoms with Gasteiger partial charge in [0.25, 0.3) is 0 Å². The number of nitrogens with zero attached hydrogens (tertiary/aromatic N) is 1. The van der Waals surface area contributed by atoms with E-state index in [1.807, 2.05) is 19.1 Å². The average Bonchev–Trinajstić information content (AvgIpc) is 2.44. The number of hydrogen-bond donors (Lipinski definition) is 1. The first-order valence-corrected chi connectivity index (χ1v) is 6.28. The van der Waals surface area contributed by atoms with Gasteiger partial charge in [-0.1, -0.05) is 24.3 Å². The van der Waals surface area contributed by atoms with Crippen molar-refractivity contribution in [3.05, 3.63) is 65.6 Å². The van der Waals surface area contributed by atoms with Crippen LogP contribution >= 0.6 is 0 Å². The first kappa shape index (κ1) is 14.2. The highest BCUT2D eigenvalue weighted by atomic mass is 19.1. The van der Waals surface area contributed by atoms with Crippen LogP contribution in [0.2, 0.25) is 0 Å². The monoisotopic (exact) mass is 268 g/mol. The van der Waals surface area contributed by atoms with Crippen molar-refractivity contribution in [2.75, 3.05) is 0 Å². The fraction of sp³-hybridized carbons (Fsp3) is 0.118. The molecule has 2 nitrogen and oxygen atoms in total. The Balaban J connectivity index is 0.00000147. The number of aromatic nitrogens is 1. The summed E-state index contributed by atoms with van der Waals surface area (Å²) in [5, 5.41) is 2.38. The van der Waals surface area contributed by atoms with Gasteiger partial charge in [0.2, 0.25) is 0 Å². The standard InChI is InChI=1S/C17H14FN.H3N/c1-11-15-5-3-4-6-16(15)12(2)19-17(11)13-7-9-14(18)10-8-13;/h3-10H,1-2H3;1H3. The van der Waals surface area contributed by atoms with Crippen molar-refractivity contribution in [1.29, 1.82) is 0 Å². The molecule has 0 aliphatic carbocycles. The Bertz CT molecular complexity index is 749. The normalized spacial score (nSPS) is 10.3. The maximum absolute atomic E-state index is 13.0. The lowest BCUT2D eigenvalue weighted by atomic mass is 9.99. The minimum Gasteiger partial charge on any atom is -0.344 e. The van der Waals surface area contributed by atoms with Crippen molar-refractivity contribution in [2.45, 2.75) is 13.8 Å². The molecule has 102 valence electrons. The van der Waals surface area contributed by atoms with Gasteiger partial charge in [0, 0.05) is 16.6 Å². The molecule has 3 heteroatoms. The number of rotatable bonds is 1. The number of halogens is 1. The average molecular weight is 268 g/mol. The summed E-state index contributed by atoms with van der Waals surface area (Å²) in [4.78, 5) is 4.68. The Labute approximate surface area is 117 Å². The van der Waals surface area contributed by atoms with E-state index in [-0.39, 0.29) is 12.0 Å². The zero-order valence-electron chi connectivity index (χ0n) is 11.7. The molecule has 2 aromatic carbocycles. The molecular weight excluding hydrogens is 251 g/mol. The van der Waals surface area contributed by atoms with E-state index in [0.29, 0.717) is 0 Å². The minimum absolute atomic E-state index is 0. The molecule has 1 aromatic heterocycles. The molecular formula is C17H17FN2. The van der Waals surface area contributed by atoms with E-state index >= 15 is 0 Å². The molecule has 0 spiro atoms. The van der Waals surface area contributed by atoms with Crippen molar-refractivity contribution >= 4 is 10.8 Å². The molecule has 0 fully saturated rings. The Morgan fingerprint density at radius 1 is 0.850 bits per heavy atom. The minimum atomic E-state index is -0.223. The van der Waals surface area contributed by atoms with Gasteiger partial charge in [-0.05, 0) is 49.1 Å². The first-order chi connectivity index (χ1) is 9.16. The van der Waals surface area contributed by atoms with E-state index in [4.69, 9.17) is 0 Å². The predicted molar refractivity (Wildman–Crippen MR) is 81.6 cm³/mol. The molecule has 3 N–H and O–H groups in total. The van der Waals surface area contributed by atoms with Crippen LogP contribution in [0.5, 0.6) is 0 Å². The van der Waals surface area contributed by atoms with Gasteiger partial charge in [0.05, 0.1) is 5.69 Å². The summed E-state index contributed by atoms with van der Waals surface area (Å²) in [6.45, 7) is 4.07. The lowest BCUT2D eigenvalue weighted by Crippen LogP contribution is -1.94. The van der Waals surface area contributed by atoms with Gasteiger partial charge >= 0.3 is 0 Å². The van der Waals surface area contributed by atoms with Crippen LogP contribution < -0.4 is 6.15 Å². The van der Waals surface area contributed by atoms with E-state index < -0.39 is 0 Å². The molecule has 0 saturated heterocycles. The second-order valence-electron chi connectivity index (χ2n) is 4.72. The van der Waals surface area contributed by atoms with Gasteiger partial charge in [-0.25, -0.2) is 4.39 Å². The van der Waals surface area contributed by atoms with Crippen LogP contribution in [0.4, 0.5) is 4.39 Å². The van der Waals surface area contributed by atoms with Crippen LogP contribution in [0.15, 0.2) is 48.5 Å². The lowest BCUT2D eigenvalue weighted by molar-refractivity contribution is 0.628. The van der Waals surface area contributed by atoms with E-state index in [1.165, 1.54) is 22.9 Å². The summed E-state index contributed by atoms with van der Waals surface area (Å²) in [6, 6.07) is 14.7. The van der Waals surface area contributed by atoms with Crippen LogP contribution in [0, 0.1) is 19.7 Å². The second kappa shape index (κ2) is 5.39. The number of pyridine rings is 1. The number of hydrogen-bond acceptors (Lipinski definition) is 2. The largest absolute Gasteiger partial charge is 0.344 e. The Hall–Kier alpha value is -2.26. The molecule has 0 bridgehead atoms. The van der Waals surface area contributed by atoms with Crippen LogP contribution in [-0.2, 0) is 0 Å². The summed E-state index contributed by atoms with van der Waals surface area (Å²) in [5.74, 6) is -0.223. The maximum atomic E-state index is 13.0. The van der Waals surface area contributed by atoms with E-state index in [2.05, 4.69) is 24.0 Å². The maximum Gasteiger partial charge on any atom is 0.123 e. The topological polar surface area (TPSA) is 47.9 Å². The van der Waals surface area contributed by atoms with Crippen LogP contribution in [0.25, 0.3) is 22.0 Å². The van der Waals surface area contributed by atoms with Crippen LogP contribution in [0.1, 0.15) is 11.3 Å². The fourth-order valence-corrected chi connectivity index (χ4v) is 2.45. The molecule has 3 aromatic rings. The van der Waals surface area contributed by atoms with Gasteiger partial charge in [-0.2, -0.15) is 0 Å². The van der Waals surface area contributed by atoms with Crippen molar-refractivity contribution in [2.24, 2.45) is 0 Å². The second-order valence-corrected chi connectivity index (χ2v) is 4.72. The quantitative estimate of drug-likeness (QED) is 0.687. The highest BCUT2D eigenvalue weighted by molar-refractivity contribution is 5.91. The van der Waals surface area contributed by atoms with Gasteiger partial charge in [0.1, 0.15) is 5.82 Å². The lowest BCUT2D eigenvalue weighted by Gasteiger charge is -2.11. The van der Waals surface area contributed by atoms with Crippen molar-refractivity contribution in [3.63, 3.8) is 0 Å². The predicted octanol–water partition coefficient (Wildman–Crippen LogP) is 4.82. The van der Waals surface area contributed by atoms with Gasteiger partial charge < -0.3 is 6.15 Å². The Kier molecular flexibility index (Phi) is 3.81. The highest BCUT2D eigenvalue weighted by Gasteiger charge is 2.09. The fourth-order valence-electron chi connectivity index (χ4n) is 2.45. The summed E-state index contributed by atoms with van der Waals surface area (Å²) in [7, 11) is 0. The molecule has 3 rings (SSSR count). The highest BCUT2D eigenvalue weighted by Crippen LogP contribution is 2.29. The van der Waals surface area contributed by atoms with Gasteiger partial charge in [0.15, 0.2) is 0 Å². The molecule has 0 atom stereocenters. The zero-order valence-corrected chi connectivity index (χ0v) is 11.7. The molecule has 20 heavy (non-hydrogen) atoms. The van der Waals surface area contributed by atoms with E-state index in [0.717, 1.165) is 22.5 Å². The third kappa shape index (κ3) is 2.28. The molecule has 0 unspecified atom stereocenters. The zero-order chi connectivity index (χ0) is 13.4. The van der Waals surface area contributed by atoms with Crippen LogP contribution in [0.3, 0.4) is 0 Å². The van der Waals surface area contributed by atoms with Crippen molar-refractivity contribution < 1.29 is 4.39 Å². The Morgan fingerprint density at radius 3 is 2.10 bits per heavy atom. The van der Waals surface area contributed by atoms with Crippen molar-refractivity contribution in [3.8, 4) is 11.3 Å². The number of aryl methyl sites for hydroxylation is 2. The number of fused-ring (bicyclic) bond motifs is 1. The molecule has 1 heterocycles. The molecule has 0 aliphatic heterocycles. The van der Waals surface area contributed by atoms with E-state index in [1.54, 1.807) is 12.1 Å². The molecule has 0 radical (unpaired) electrons. The Morgan fingerprint density at radius 2 is 1.45 bits per heavy atom. The van der Waals surface area contributed by atoms with Gasteiger partial charge in [-0.3, -0.25) is 4.98 Å². The smallest absolute Gasteiger partial charge is 0.123 e. The number of benzene rings is 2. The molecule has 0 saturated carbocycles. The summed E-state index contributed by atoms with van der Waals surface area (Å²) >= 11 is 0. The molecule has 0 amide bonds. The van der Waals surface area contributed by atoms with Crippen LogP contribution in [-0.4, -0.2) is 4.98 Å². The summed E-state index contributed by atoms with van der Waals surface area (Å²) in [5.41, 5.74) is 4.01. The van der Waals surface area contributed by atoms with Crippen molar-refractivity contribution in [1.82, 2.24) is 11.1 Å². The summed E-state index contributed by atoms with van der Waals surface area (Å²) in [6.07, 6.45) is 0. The summed E-state index contributed by atoms with van der Waals surface area (Å²) < 4.78 is 13.0. The molecule has 0 aliphatic rings. The SMILES string of the molecule is Cc1nc(-c2ccc(F)cc2)c(C)c2ccccc12.N. The third-order valence-electron chi connectivity index (χ3n) is 3.47. The van der Waals surface area contributed by atoms with Gasteiger partial charge in [-0.15, -0.1) is 0 Å². The third-order valence-corrected chi connectivity index (χ3v) is 3.47. The van der Waals surface area contributed by atoms with E-state index in [9.17, 15) is 4.39 Å².